The van der Waals surface area contributed by atoms with Crippen molar-refractivity contribution in [3.63, 3.8) is 0 Å². The van der Waals surface area contributed by atoms with Gasteiger partial charge in [-0.05, 0) is 31.7 Å². The molecule has 1 heterocycles. The van der Waals surface area contributed by atoms with Crippen LogP contribution in [0.3, 0.4) is 0 Å². The van der Waals surface area contributed by atoms with Gasteiger partial charge in [-0.2, -0.15) is 0 Å². The predicted molar refractivity (Wildman–Crippen MR) is 63.0 cm³/mol. The average Bonchev–Trinajstić information content (AvgIpc) is 2.79. The lowest BCUT2D eigenvalue weighted by molar-refractivity contribution is 0.109. The summed E-state index contributed by atoms with van der Waals surface area (Å²) in [7, 11) is 0. The summed E-state index contributed by atoms with van der Waals surface area (Å²) in [5.74, 6) is 1.01. The number of nitrogens with one attached hydrogen (secondary N) is 1. The molecule has 0 aromatic rings. The van der Waals surface area contributed by atoms with Gasteiger partial charge in [0.15, 0.2) is 0 Å². The Kier molecular flexibility index (Phi) is 4.94. The molecule has 0 aromatic heterocycles. The van der Waals surface area contributed by atoms with E-state index in [1.54, 1.807) is 0 Å². The summed E-state index contributed by atoms with van der Waals surface area (Å²) in [6, 6.07) is 0. The van der Waals surface area contributed by atoms with Crippen molar-refractivity contribution in [1.82, 2.24) is 5.32 Å². The summed E-state index contributed by atoms with van der Waals surface area (Å²) >= 11 is 0. The van der Waals surface area contributed by atoms with Gasteiger partial charge in [0.1, 0.15) is 0 Å². The van der Waals surface area contributed by atoms with Gasteiger partial charge in [0.05, 0.1) is 6.10 Å². The molecule has 2 fully saturated rings. The van der Waals surface area contributed by atoms with Crippen LogP contribution in [0.5, 0.6) is 0 Å². The summed E-state index contributed by atoms with van der Waals surface area (Å²) in [6.45, 7) is 3.26. The summed E-state index contributed by atoms with van der Waals surface area (Å²) in [4.78, 5) is 0. The predicted octanol–water partition coefficient (Wildman–Crippen LogP) is 2.73. The van der Waals surface area contributed by atoms with Crippen LogP contribution >= 0.6 is 0 Å². The molecule has 0 aromatic carbocycles. The van der Waals surface area contributed by atoms with E-state index in [0.717, 1.165) is 19.1 Å². The van der Waals surface area contributed by atoms with Crippen LogP contribution in [0.1, 0.15) is 51.4 Å². The molecule has 2 nitrogen and oxygen atoms in total. The first-order chi connectivity index (χ1) is 7.45. The van der Waals surface area contributed by atoms with Crippen molar-refractivity contribution < 1.29 is 4.74 Å². The van der Waals surface area contributed by atoms with Crippen molar-refractivity contribution in [3.05, 3.63) is 0 Å². The van der Waals surface area contributed by atoms with Gasteiger partial charge < -0.3 is 10.1 Å². The molecule has 0 spiro atoms. The van der Waals surface area contributed by atoms with E-state index in [1.807, 2.05) is 0 Å². The van der Waals surface area contributed by atoms with Crippen LogP contribution in [0.4, 0.5) is 0 Å². The molecule has 0 radical (unpaired) electrons. The van der Waals surface area contributed by atoms with Crippen molar-refractivity contribution in [2.24, 2.45) is 5.92 Å². The van der Waals surface area contributed by atoms with Gasteiger partial charge in [-0.15, -0.1) is 0 Å². The number of rotatable bonds is 5. The largest absolute Gasteiger partial charge is 0.377 e. The summed E-state index contributed by atoms with van der Waals surface area (Å²) in [6.07, 6.45) is 11.8. The van der Waals surface area contributed by atoms with Crippen LogP contribution in [-0.2, 0) is 4.74 Å². The Hall–Kier alpha value is -0.0800. The first-order valence-corrected chi connectivity index (χ1v) is 6.77. The Morgan fingerprint density at radius 3 is 2.60 bits per heavy atom. The minimum Gasteiger partial charge on any atom is -0.377 e. The highest BCUT2D eigenvalue weighted by Crippen LogP contribution is 2.25. The van der Waals surface area contributed by atoms with E-state index in [0.29, 0.717) is 6.10 Å². The molecule has 2 aliphatic rings. The monoisotopic (exact) mass is 211 g/mol. The molecule has 2 heteroatoms. The second-order valence-corrected chi connectivity index (χ2v) is 5.13. The molecule has 1 aliphatic heterocycles. The van der Waals surface area contributed by atoms with Crippen LogP contribution in [0.2, 0.25) is 0 Å². The van der Waals surface area contributed by atoms with Crippen LogP contribution in [0.15, 0.2) is 0 Å². The smallest absolute Gasteiger partial charge is 0.0700 e. The third kappa shape index (κ3) is 4.12. The van der Waals surface area contributed by atoms with Gasteiger partial charge in [0.2, 0.25) is 0 Å². The molecular formula is C13H25NO. The van der Waals surface area contributed by atoms with Crippen molar-refractivity contribution in [2.75, 3.05) is 19.7 Å². The van der Waals surface area contributed by atoms with Crippen molar-refractivity contribution >= 4 is 0 Å². The average molecular weight is 211 g/mol. The van der Waals surface area contributed by atoms with E-state index in [4.69, 9.17) is 4.74 Å². The normalized spacial score (nSPS) is 28.4. The molecule has 0 amide bonds. The first kappa shape index (κ1) is 11.4. The molecule has 88 valence electrons. The van der Waals surface area contributed by atoms with E-state index >= 15 is 0 Å². The quantitative estimate of drug-likeness (QED) is 0.706. The fraction of sp³-hybridized carbons (Fsp3) is 1.00. The Morgan fingerprint density at radius 1 is 1.00 bits per heavy atom. The number of ether oxygens (including phenoxy) is 1. The summed E-state index contributed by atoms with van der Waals surface area (Å²) in [5, 5.41) is 3.55. The van der Waals surface area contributed by atoms with Gasteiger partial charge in [0, 0.05) is 13.2 Å². The number of hydrogen-bond acceptors (Lipinski definition) is 2. The third-order valence-corrected chi connectivity index (χ3v) is 3.85. The van der Waals surface area contributed by atoms with E-state index in [2.05, 4.69) is 5.32 Å². The van der Waals surface area contributed by atoms with Gasteiger partial charge in [0.25, 0.3) is 0 Å². The highest BCUT2D eigenvalue weighted by Gasteiger charge is 2.15. The van der Waals surface area contributed by atoms with Crippen LogP contribution < -0.4 is 5.32 Å². The van der Waals surface area contributed by atoms with Crippen LogP contribution in [0, 0.1) is 5.92 Å². The van der Waals surface area contributed by atoms with E-state index in [-0.39, 0.29) is 0 Å². The van der Waals surface area contributed by atoms with E-state index in [1.165, 1.54) is 57.9 Å². The van der Waals surface area contributed by atoms with Crippen molar-refractivity contribution in [3.8, 4) is 0 Å². The Morgan fingerprint density at radius 2 is 1.87 bits per heavy atom. The molecule has 15 heavy (non-hydrogen) atoms. The lowest BCUT2D eigenvalue weighted by Gasteiger charge is -2.21. The van der Waals surface area contributed by atoms with Crippen molar-refractivity contribution in [1.29, 1.82) is 0 Å². The molecule has 1 aliphatic carbocycles. The summed E-state index contributed by atoms with van der Waals surface area (Å²) in [5.41, 5.74) is 0. The van der Waals surface area contributed by atoms with E-state index in [9.17, 15) is 0 Å². The van der Waals surface area contributed by atoms with Gasteiger partial charge >= 0.3 is 0 Å². The molecule has 2 rings (SSSR count). The number of hydrogen-bond donors (Lipinski definition) is 1. The lowest BCUT2D eigenvalue weighted by Crippen LogP contribution is -2.28. The van der Waals surface area contributed by atoms with Gasteiger partial charge in [-0.25, -0.2) is 0 Å². The highest BCUT2D eigenvalue weighted by molar-refractivity contribution is 4.70. The second-order valence-electron chi connectivity index (χ2n) is 5.13. The standard InChI is InChI=1S/C13H25NO/c1-2-5-12(6-3-1)8-9-14-11-13-7-4-10-15-13/h12-14H,1-11H2. The Balaban J connectivity index is 1.47. The Labute approximate surface area is 93.8 Å². The fourth-order valence-corrected chi connectivity index (χ4v) is 2.85. The third-order valence-electron chi connectivity index (χ3n) is 3.85. The zero-order valence-corrected chi connectivity index (χ0v) is 9.84. The molecule has 1 N–H and O–H groups in total. The van der Waals surface area contributed by atoms with Crippen molar-refractivity contribution in [2.45, 2.75) is 57.5 Å². The van der Waals surface area contributed by atoms with Gasteiger partial charge in [-0.3, -0.25) is 0 Å². The fourth-order valence-electron chi connectivity index (χ4n) is 2.85. The van der Waals surface area contributed by atoms with Crippen LogP contribution in [-0.4, -0.2) is 25.8 Å². The van der Waals surface area contributed by atoms with Crippen LogP contribution in [0.25, 0.3) is 0 Å². The minimum atomic E-state index is 0.511. The maximum atomic E-state index is 5.58. The maximum absolute atomic E-state index is 5.58. The SMILES string of the molecule is C1CCC(CCNCC2CCCO2)CC1. The lowest BCUT2D eigenvalue weighted by atomic mass is 9.87. The van der Waals surface area contributed by atoms with Gasteiger partial charge in [-0.1, -0.05) is 32.1 Å². The molecular weight excluding hydrogens is 186 g/mol. The highest BCUT2D eigenvalue weighted by atomic mass is 16.5. The second kappa shape index (κ2) is 6.49. The molecule has 1 saturated carbocycles. The van der Waals surface area contributed by atoms with E-state index < -0.39 is 0 Å². The maximum Gasteiger partial charge on any atom is 0.0700 e. The molecule has 0 bridgehead atoms. The molecule has 1 saturated heterocycles. The molecule has 1 atom stereocenters. The zero-order valence-electron chi connectivity index (χ0n) is 9.84. The summed E-state index contributed by atoms with van der Waals surface area (Å²) < 4.78 is 5.58. The first-order valence-electron chi connectivity index (χ1n) is 6.77. The Bertz CT molecular complexity index is 160. The topological polar surface area (TPSA) is 21.3 Å². The molecule has 1 unspecified atom stereocenters. The minimum absolute atomic E-state index is 0.511. The zero-order chi connectivity index (χ0) is 10.3.